The molecule has 1 aromatic carbocycles. The fourth-order valence-electron chi connectivity index (χ4n) is 1.95. The second kappa shape index (κ2) is 6.51. The van der Waals surface area contributed by atoms with Crippen molar-refractivity contribution >= 4 is 17.7 Å². The number of β-amino-alcohol motifs (C(OH)–C–C–N with tert-alkyl or cyclic N) is 2. The molecule has 2 N–H and O–H groups in total. The van der Waals surface area contributed by atoms with E-state index in [4.69, 9.17) is 0 Å². The van der Waals surface area contributed by atoms with Crippen LogP contribution in [-0.2, 0) is 4.79 Å². The van der Waals surface area contributed by atoms with Crippen molar-refractivity contribution in [2.75, 3.05) is 18.8 Å². The molecule has 110 valence electrons. The zero-order chi connectivity index (χ0) is 14.7. The molecule has 0 saturated carbocycles. The maximum absolute atomic E-state index is 13.0. The van der Waals surface area contributed by atoms with Crippen LogP contribution in [0.3, 0.4) is 0 Å². The molecule has 0 aromatic heterocycles. The Hall–Kier alpha value is -1.18. The SMILES string of the molecule is O=C(CCSc1ccc(F)c(F)c1)N1CC(O)C(O)C1. The predicted octanol–water partition coefficient (Wildman–Crippen LogP) is 1.01. The van der Waals surface area contributed by atoms with Gasteiger partial charge in [-0.25, -0.2) is 8.78 Å². The molecule has 2 atom stereocenters. The van der Waals surface area contributed by atoms with E-state index in [-0.39, 0.29) is 25.4 Å². The van der Waals surface area contributed by atoms with Crippen molar-refractivity contribution in [1.82, 2.24) is 4.90 Å². The first kappa shape index (κ1) is 15.2. The molecule has 4 nitrogen and oxygen atoms in total. The van der Waals surface area contributed by atoms with E-state index in [9.17, 15) is 23.8 Å². The molecular weight excluding hydrogens is 288 g/mol. The molecule has 0 aliphatic carbocycles. The fourth-order valence-corrected chi connectivity index (χ4v) is 2.82. The first-order chi connectivity index (χ1) is 9.47. The third kappa shape index (κ3) is 3.68. The van der Waals surface area contributed by atoms with Crippen LogP contribution in [0.25, 0.3) is 0 Å². The number of thioether (sulfide) groups is 1. The van der Waals surface area contributed by atoms with Gasteiger partial charge in [-0.15, -0.1) is 11.8 Å². The highest BCUT2D eigenvalue weighted by molar-refractivity contribution is 7.99. The van der Waals surface area contributed by atoms with E-state index in [1.807, 2.05) is 0 Å². The molecule has 0 bridgehead atoms. The summed E-state index contributed by atoms with van der Waals surface area (Å²) in [6.07, 6.45) is -1.57. The Morgan fingerprint density at radius 2 is 1.90 bits per heavy atom. The monoisotopic (exact) mass is 303 g/mol. The maximum atomic E-state index is 13.0. The fraction of sp³-hybridized carbons (Fsp3) is 0.462. The molecule has 1 aliphatic rings. The summed E-state index contributed by atoms with van der Waals surface area (Å²) in [5, 5.41) is 18.7. The van der Waals surface area contributed by atoms with Crippen LogP contribution in [0.2, 0.25) is 0 Å². The second-order valence-corrected chi connectivity index (χ2v) is 5.78. The Labute approximate surface area is 119 Å². The van der Waals surface area contributed by atoms with Crippen LogP contribution in [-0.4, -0.2) is 52.1 Å². The van der Waals surface area contributed by atoms with Crippen LogP contribution in [0.1, 0.15) is 6.42 Å². The number of rotatable bonds is 4. The van der Waals surface area contributed by atoms with Crippen molar-refractivity contribution in [2.45, 2.75) is 23.5 Å². The number of hydrogen-bond acceptors (Lipinski definition) is 4. The number of halogens is 2. The van der Waals surface area contributed by atoms with Gasteiger partial charge in [-0.3, -0.25) is 4.79 Å². The number of nitrogens with zero attached hydrogens (tertiary/aromatic N) is 1. The first-order valence-corrected chi connectivity index (χ1v) is 7.17. The van der Waals surface area contributed by atoms with Gasteiger partial charge in [0.15, 0.2) is 11.6 Å². The molecule has 1 fully saturated rings. The molecule has 7 heteroatoms. The topological polar surface area (TPSA) is 60.8 Å². The Kier molecular flexibility index (Phi) is 4.95. The van der Waals surface area contributed by atoms with Gasteiger partial charge >= 0.3 is 0 Å². The lowest BCUT2D eigenvalue weighted by atomic mass is 10.3. The summed E-state index contributed by atoms with van der Waals surface area (Å²) in [5.74, 6) is -1.56. The minimum Gasteiger partial charge on any atom is -0.388 e. The second-order valence-electron chi connectivity index (χ2n) is 4.61. The van der Waals surface area contributed by atoms with E-state index in [0.717, 1.165) is 12.1 Å². The summed E-state index contributed by atoms with van der Waals surface area (Å²) in [6, 6.07) is 3.59. The van der Waals surface area contributed by atoms with Gasteiger partial charge in [0.2, 0.25) is 5.91 Å². The maximum Gasteiger partial charge on any atom is 0.223 e. The van der Waals surface area contributed by atoms with Gasteiger partial charge in [-0.05, 0) is 18.2 Å². The van der Waals surface area contributed by atoms with Crippen molar-refractivity contribution in [3.05, 3.63) is 29.8 Å². The first-order valence-electron chi connectivity index (χ1n) is 6.19. The van der Waals surface area contributed by atoms with Crippen molar-refractivity contribution in [3.8, 4) is 0 Å². The van der Waals surface area contributed by atoms with Crippen molar-refractivity contribution < 1.29 is 23.8 Å². The van der Waals surface area contributed by atoms with E-state index in [1.165, 1.54) is 22.7 Å². The lowest BCUT2D eigenvalue weighted by Gasteiger charge is -2.14. The minimum atomic E-state index is -0.910. The quantitative estimate of drug-likeness (QED) is 0.815. The predicted molar refractivity (Wildman–Crippen MR) is 70.3 cm³/mol. The lowest BCUT2D eigenvalue weighted by molar-refractivity contribution is -0.130. The van der Waals surface area contributed by atoms with Crippen molar-refractivity contribution in [3.63, 3.8) is 0 Å². The number of likely N-dealkylation sites (tertiary alicyclic amines) is 1. The van der Waals surface area contributed by atoms with Crippen LogP contribution >= 0.6 is 11.8 Å². The molecule has 1 amide bonds. The smallest absolute Gasteiger partial charge is 0.223 e. The van der Waals surface area contributed by atoms with Crippen LogP contribution in [0.4, 0.5) is 8.78 Å². The molecule has 20 heavy (non-hydrogen) atoms. The van der Waals surface area contributed by atoms with Crippen LogP contribution in [0, 0.1) is 11.6 Å². The van der Waals surface area contributed by atoms with Gasteiger partial charge in [0, 0.05) is 30.2 Å². The van der Waals surface area contributed by atoms with Gasteiger partial charge in [-0.1, -0.05) is 0 Å². The zero-order valence-corrected chi connectivity index (χ0v) is 11.4. The molecule has 1 aliphatic heterocycles. The number of benzene rings is 1. The number of aliphatic hydroxyl groups is 2. The Balaban J connectivity index is 1.78. The van der Waals surface area contributed by atoms with Crippen LogP contribution in [0.5, 0.6) is 0 Å². The van der Waals surface area contributed by atoms with Gasteiger partial charge < -0.3 is 15.1 Å². The van der Waals surface area contributed by atoms with Gasteiger partial charge in [0.1, 0.15) is 0 Å². The van der Waals surface area contributed by atoms with Crippen molar-refractivity contribution in [1.29, 1.82) is 0 Å². The number of carbonyl (C=O) groups is 1. The molecule has 0 radical (unpaired) electrons. The third-order valence-electron chi connectivity index (χ3n) is 3.09. The van der Waals surface area contributed by atoms with E-state index < -0.39 is 23.8 Å². The van der Waals surface area contributed by atoms with Crippen molar-refractivity contribution in [2.24, 2.45) is 0 Å². The highest BCUT2D eigenvalue weighted by atomic mass is 32.2. The number of carbonyl (C=O) groups excluding carboxylic acids is 1. The molecule has 1 aromatic rings. The minimum absolute atomic E-state index is 0.135. The average molecular weight is 303 g/mol. The number of amides is 1. The summed E-state index contributed by atoms with van der Waals surface area (Å²) in [6.45, 7) is 0.270. The largest absolute Gasteiger partial charge is 0.388 e. The van der Waals surface area contributed by atoms with Crippen LogP contribution < -0.4 is 0 Å². The molecule has 2 rings (SSSR count). The van der Waals surface area contributed by atoms with E-state index in [1.54, 1.807) is 0 Å². The Morgan fingerprint density at radius 3 is 2.50 bits per heavy atom. The lowest BCUT2D eigenvalue weighted by Crippen LogP contribution is -2.29. The highest BCUT2D eigenvalue weighted by Crippen LogP contribution is 2.22. The molecule has 0 spiro atoms. The number of aliphatic hydroxyl groups excluding tert-OH is 2. The zero-order valence-electron chi connectivity index (χ0n) is 10.6. The number of hydrogen-bond donors (Lipinski definition) is 2. The Bertz CT molecular complexity index is 491. The average Bonchev–Trinajstić information content (AvgIpc) is 2.74. The van der Waals surface area contributed by atoms with E-state index in [0.29, 0.717) is 10.6 Å². The van der Waals surface area contributed by atoms with Gasteiger partial charge in [0.05, 0.1) is 12.2 Å². The third-order valence-corrected chi connectivity index (χ3v) is 4.08. The molecule has 1 saturated heterocycles. The summed E-state index contributed by atoms with van der Waals surface area (Å²) < 4.78 is 25.7. The normalized spacial score (nSPS) is 22.3. The molecule has 1 heterocycles. The standard InChI is InChI=1S/C13H15F2NO3S/c14-9-2-1-8(5-10(9)15)20-4-3-13(19)16-6-11(17)12(18)7-16/h1-2,5,11-12,17-18H,3-4,6-7H2. The van der Waals surface area contributed by atoms with E-state index in [2.05, 4.69) is 0 Å². The summed E-state index contributed by atoms with van der Waals surface area (Å²) in [4.78, 5) is 13.8. The Morgan fingerprint density at radius 1 is 1.25 bits per heavy atom. The van der Waals surface area contributed by atoms with Gasteiger partial charge in [0.25, 0.3) is 0 Å². The van der Waals surface area contributed by atoms with Gasteiger partial charge in [-0.2, -0.15) is 0 Å². The summed E-state index contributed by atoms with van der Waals surface area (Å²) in [7, 11) is 0. The van der Waals surface area contributed by atoms with Crippen LogP contribution in [0.15, 0.2) is 23.1 Å². The summed E-state index contributed by atoms with van der Waals surface area (Å²) >= 11 is 1.25. The molecule has 2 unspecified atom stereocenters. The van der Waals surface area contributed by atoms with E-state index >= 15 is 0 Å². The highest BCUT2D eigenvalue weighted by Gasteiger charge is 2.31. The molecular formula is C13H15F2NO3S. The summed E-state index contributed by atoms with van der Waals surface area (Å²) in [5.41, 5.74) is 0.